The molecule has 1 N–H and O–H groups in total. The van der Waals surface area contributed by atoms with E-state index in [0.29, 0.717) is 29.0 Å². The second-order valence-electron chi connectivity index (χ2n) is 5.25. The summed E-state index contributed by atoms with van der Waals surface area (Å²) in [5.41, 5.74) is 1.71. The van der Waals surface area contributed by atoms with Crippen LogP contribution in [0.3, 0.4) is 0 Å². The molecular weight excluding hydrogens is 300 g/mol. The van der Waals surface area contributed by atoms with E-state index in [9.17, 15) is 4.79 Å². The van der Waals surface area contributed by atoms with Crippen molar-refractivity contribution in [1.82, 2.24) is 4.98 Å². The topological polar surface area (TPSA) is 60.5 Å². The largest absolute Gasteiger partial charge is 0.493 e. The molecule has 0 aliphatic carbocycles. The highest BCUT2D eigenvalue weighted by molar-refractivity contribution is 7.14. The number of rotatable bonds is 6. The molecule has 1 amide bonds. The molecule has 2 aromatic rings. The Morgan fingerprint density at radius 3 is 2.64 bits per heavy atom. The Balaban J connectivity index is 2.16. The second-order valence-corrected chi connectivity index (χ2v) is 6.11. The first kappa shape index (κ1) is 16.3. The molecule has 0 radical (unpaired) electrons. The minimum atomic E-state index is -0.0109. The fourth-order valence-corrected chi connectivity index (χ4v) is 2.74. The summed E-state index contributed by atoms with van der Waals surface area (Å²) < 4.78 is 10.5. The van der Waals surface area contributed by atoms with Crippen LogP contribution in [0.5, 0.6) is 11.5 Å². The number of nitrogens with zero attached hydrogens (tertiary/aromatic N) is 1. The molecule has 5 nitrogen and oxygen atoms in total. The lowest BCUT2D eigenvalue weighted by Crippen LogP contribution is -2.13. The number of benzene rings is 1. The van der Waals surface area contributed by atoms with E-state index < -0.39 is 0 Å². The maximum absolute atomic E-state index is 11.8. The van der Waals surface area contributed by atoms with E-state index in [-0.39, 0.29) is 5.91 Å². The van der Waals surface area contributed by atoms with Gasteiger partial charge in [-0.2, -0.15) is 0 Å². The van der Waals surface area contributed by atoms with Crippen LogP contribution in [-0.4, -0.2) is 25.1 Å². The van der Waals surface area contributed by atoms with Crippen molar-refractivity contribution >= 4 is 22.4 Å². The molecule has 0 aliphatic heterocycles. The fraction of sp³-hybridized carbons (Fsp3) is 0.375. The number of carbonyl (C=O) groups is 1. The average Bonchev–Trinajstić information content (AvgIpc) is 2.93. The number of methoxy groups -OCH3 is 2. The molecule has 1 heterocycles. The zero-order valence-electron chi connectivity index (χ0n) is 13.2. The lowest BCUT2D eigenvalue weighted by Gasteiger charge is -2.08. The summed E-state index contributed by atoms with van der Waals surface area (Å²) in [5, 5.41) is 5.34. The first-order valence-corrected chi connectivity index (χ1v) is 7.89. The Labute approximate surface area is 134 Å². The van der Waals surface area contributed by atoms with Crippen molar-refractivity contribution in [3.05, 3.63) is 23.6 Å². The van der Waals surface area contributed by atoms with Gasteiger partial charge >= 0.3 is 0 Å². The van der Waals surface area contributed by atoms with E-state index in [4.69, 9.17) is 9.47 Å². The van der Waals surface area contributed by atoms with Gasteiger partial charge < -0.3 is 14.8 Å². The number of thiazole rings is 1. The van der Waals surface area contributed by atoms with Crippen LogP contribution in [0.1, 0.15) is 20.3 Å². The maximum Gasteiger partial charge on any atom is 0.226 e. The van der Waals surface area contributed by atoms with Gasteiger partial charge in [0.15, 0.2) is 16.6 Å². The van der Waals surface area contributed by atoms with E-state index in [0.717, 1.165) is 11.3 Å². The molecule has 0 bridgehead atoms. The van der Waals surface area contributed by atoms with Crippen molar-refractivity contribution in [3.63, 3.8) is 0 Å². The predicted molar refractivity (Wildman–Crippen MR) is 88.7 cm³/mol. The highest BCUT2D eigenvalue weighted by Gasteiger charge is 2.11. The van der Waals surface area contributed by atoms with Crippen LogP contribution in [0, 0.1) is 5.92 Å². The number of amides is 1. The number of anilines is 1. The molecule has 1 aromatic heterocycles. The summed E-state index contributed by atoms with van der Waals surface area (Å²) in [6.07, 6.45) is 0.491. The second kappa shape index (κ2) is 7.26. The van der Waals surface area contributed by atoms with Gasteiger partial charge in [0.05, 0.1) is 19.9 Å². The molecule has 0 unspecified atom stereocenters. The summed E-state index contributed by atoms with van der Waals surface area (Å²) in [6, 6.07) is 5.62. The Hall–Kier alpha value is -2.08. The Bertz CT molecular complexity index is 653. The van der Waals surface area contributed by atoms with Gasteiger partial charge in [0.1, 0.15) is 0 Å². The molecule has 0 fully saturated rings. The van der Waals surface area contributed by atoms with E-state index >= 15 is 0 Å². The zero-order chi connectivity index (χ0) is 16.1. The molecule has 2 rings (SSSR count). The number of carbonyl (C=O) groups excluding carboxylic acids is 1. The molecule has 22 heavy (non-hydrogen) atoms. The normalized spacial score (nSPS) is 10.6. The van der Waals surface area contributed by atoms with Gasteiger partial charge in [0.25, 0.3) is 0 Å². The third kappa shape index (κ3) is 3.98. The van der Waals surface area contributed by atoms with E-state index in [1.54, 1.807) is 14.2 Å². The third-order valence-electron chi connectivity index (χ3n) is 3.02. The van der Waals surface area contributed by atoms with Gasteiger partial charge in [-0.15, -0.1) is 11.3 Å². The van der Waals surface area contributed by atoms with Crippen molar-refractivity contribution in [2.45, 2.75) is 20.3 Å². The highest BCUT2D eigenvalue weighted by Crippen LogP contribution is 2.33. The van der Waals surface area contributed by atoms with Crippen LogP contribution < -0.4 is 14.8 Å². The molecule has 0 spiro atoms. The Kier molecular flexibility index (Phi) is 5.38. The summed E-state index contributed by atoms with van der Waals surface area (Å²) in [5.74, 6) is 1.64. The van der Waals surface area contributed by atoms with Gasteiger partial charge in [-0.3, -0.25) is 4.79 Å². The Morgan fingerprint density at radius 1 is 1.27 bits per heavy atom. The first-order valence-electron chi connectivity index (χ1n) is 7.01. The van der Waals surface area contributed by atoms with E-state index in [2.05, 4.69) is 10.3 Å². The summed E-state index contributed by atoms with van der Waals surface area (Å²) in [4.78, 5) is 16.2. The lowest BCUT2D eigenvalue weighted by molar-refractivity contribution is -0.116. The van der Waals surface area contributed by atoms with Crippen molar-refractivity contribution in [1.29, 1.82) is 0 Å². The molecule has 6 heteroatoms. The number of hydrogen-bond donors (Lipinski definition) is 1. The molecular formula is C16H20N2O3S. The van der Waals surface area contributed by atoms with Crippen molar-refractivity contribution < 1.29 is 14.3 Å². The van der Waals surface area contributed by atoms with Gasteiger partial charge in [-0.1, -0.05) is 13.8 Å². The summed E-state index contributed by atoms with van der Waals surface area (Å²) >= 11 is 1.41. The molecule has 0 aliphatic rings. The third-order valence-corrected chi connectivity index (χ3v) is 3.78. The van der Waals surface area contributed by atoms with Crippen molar-refractivity contribution in [3.8, 4) is 22.8 Å². The highest BCUT2D eigenvalue weighted by atomic mass is 32.1. The molecule has 0 saturated heterocycles. The van der Waals surface area contributed by atoms with Crippen LogP contribution in [0.2, 0.25) is 0 Å². The standard InChI is InChI=1S/C16H20N2O3S/c1-10(2)7-15(19)18-16-17-12(9-22-16)11-5-6-13(20-3)14(8-11)21-4/h5-6,8-10H,7H2,1-4H3,(H,17,18,19). The van der Waals surface area contributed by atoms with Gasteiger partial charge in [-0.05, 0) is 24.1 Å². The van der Waals surface area contributed by atoms with Gasteiger partial charge in [0.2, 0.25) is 5.91 Å². The zero-order valence-corrected chi connectivity index (χ0v) is 14.0. The lowest BCUT2D eigenvalue weighted by atomic mass is 10.1. The number of nitrogens with one attached hydrogen (secondary N) is 1. The van der Waals surface area contributed by atoms with Crippen LogP contribution >= 0.6 is 11.3 Å². The van der Waals surface area contributed by atoms with Crippen LogP contribution in [0.4, 0.5) is 5.13 Å². The molecule has 0 saturated carbocycles. The monoisotopic (exact) mass is 320 g/mol. The minimum Gasteiger partial charge on any atom is -0.493 e. The predicted octanol–water partition coefficient (Wildman–Crippen LogP) is 3.81. The molecule has 118 valence electrons. The fourth-order valence-electron chi connectivity index (χ4n) is 2.00. The number of aromatic nitrogens is 1. The number of hydrogen-bond acceptors (Lipinski definition) is 5. The van der Waals surface area contributed by atoms with Gasteiger partial charge in [0, 0.05) is 17.4 Å². The first-order chi connectivity index (χ1) is 10.5. The molecule has 1 aromatic carbocycles. The van der Waals surface area contributed by atoms with Crippen molar-refractivity contribution in [2.24, 2.45) is 5.92 Å². The Morgan fingerprint density at radius 2 is 2.00 bits per heavy atom. The number of ether oxygens (including phenoxy) is 2. The van der Waals surface area contributed by atoms with E-state index in [1.165, 1.54) is 11.3 Å². The van der Waals surface area contributed by atoms with Crippen LogP contribution in [0.25, 0.3) is 11.3 Å². The summed E-state index contributed by atoms with van der Waals surface area (Å²) in [6.45, 7) is 4.02. The van der Waals surface area contributed by atoms with Crippen LogP contribution in [-0.2, 0) is 4.79 Å². The minimum absolute atomic E-state index is 0.0109. The summed E-state index contributed by atoms with van der Waals surface area (Å²) in [7, 11) is 3.20. The maximum atomic E-state index is 11.8. The van der Waals surface area contributed by atoms with Crippen molar-refractivity contribution in [2.75, 3.05) is 19.5 Å². The van der Waals surface area contributed by atoms with Crippen LogP contribution in [0.15, 0.2) is 23.6 Å². The average molecular weight is 320 g/mol. The SMILES string of the molecule is COc1ccc(-c2csc(NC(=O)CC(C)C)n2)cc1OC. The molecule has 0 atom stereocenters. The van der Waals surface area contributed by atoms with E-state index in [1.807, 2.05) is 37.4 Å². The quantitative estimate of drug-likeness (QED) is 0.879. The van der Waals surface area contributed by atoms with Gasteiger partial charge in [-0.25, -0.2) is 4.98 Å². The smallest absolute Gasteiger partial charge is 0.226 e.